The molecule has 2 aromatic carbocycles. The van der Waals surface area contributed by atoms with Crippen LogP contribution in [-0.4, -0.2) is 23.4 Å². The average Bonchev–Trinajstić information content (AvgIpc) is 2.64. The van der Waals surface area contributed by atoms with Gasteiger partial charge in [0.05, 0.1) is 18.0 Å². The Kier molecular flexibility index (Phi) is 5.28. The molecule has 6 heteroatoms. The molecule has 3 rings (SSSR count). The van der Waals surface area contributed by atoms with E-state index >= 15 is 0 Å². The third-order valence-corrected chi connectivity index (χ3v) is 4.38. The molecule has 0 atom stereocenters. The Bertz CT molecular complexity index is 921. The van der Waals surface area contributed by atoms with Crippen LogP contribution in [0.2, 0.25) is 0 Å². The summed E-state index contributed by atoms with van der Waals surface area (Å²) in [5.74, 6) is -0.951. The Balaban J connectivity index is 1.93. The summed E-state index contributed by atoms with van der Waals surface area (Å²) in [5, 5.41) is 22.1. The molecule has 1 aliphatic rings. The zero-order valence-electron chi connectivity index (χ0n) is 14.7. The fourth-order valence-electron chi connectivity index (χ4n) is 2.97. The van der Waals surface area contributed by atoms with E-state index in [1.807, 2.05) is 0 Å². The number of β-amino-alcohol motifs (C(OH)–C–C–N with tert-alkyl or cyclic N) is 1. The van der Waals surface area contributed by atoms with E-state index in [0.29, 0.717) is 28.9 Å². The van der Waals surface area contributed by atoms with Gasteiger partial charge >= 0.3 is 0 Å². The summed E-state index contributed by atoms with van der Waals surface area (Å²) in [6.07, 6.45) is 1.59. The van der Waals surface area contributed by atoms with E-state index in [2.05, 4.69) is 18.5 Å². The lowest BCUT2D eigenvalue weighted by Gasteiger charge is -2.30. The summed E-state index contributed by atoms with van der Waals surface area (Å²) in [6.45, 7) is 7.93. The number of nitrogens with zero attached hydrogens (tertiary/aromatic N) is 1. The van der Waals surface area contributed by atoms with Crippen molar-refractivity contribution in [3.8, 4) is 0 Å². The Morgan fingerprint density at radius 3 is 2.48 bits per heavy atom. The first-order valence-corrected chi connectivity index (χ1v) is 8.39. The number of fused-ring (bicyclic) bond motifs is 1. The Morgan fingerprint density at radius 2 is 1.85 bits per heavy atom. The molecule has 0 saturated heterocycles. The molecular weight excluding hydrogens is 350 g/mol. The standard InChI is InChI=1S/C21H20F2N2O2/c1-13-17-9-20(24-11-15-3-5-16(22)6-4-15)19(23)10-21(17)25(7-8-26)12-18(13)14(2)27/h3-6,9-10,12,24,26-27H,1-2,7-8,11H2. The largest absolute Gasteiger partial charge is 0.508 e. The first-order valence-electron chi connectivity index (χ1n) is 8.39. The fraction of sp³-hybridized carbons (Fsp3) is 0.143. The molecule has 0 radical (unpaired) electrons. The third-order valence-electron chi connectivity index (χ3n) is 4.38. The van der Waals surface area contributed by atoms with Gasteiger partial charge < -0.3 is 20.4 Å². The highest BCUT2D eigenvalue weighted by atomic mass is 19.1. The number of hydrogen-bond donors (Lipinski definition) is 3. The van der Waals surface area contributed by atoms with E-state index in [4.69, 9.17) is 0 Å². The van der Waals surface area contributed by atoms with Gasteiger partial charge in [0.15, 0.2) is 0 Å². The van der Waals surface area contributed by atoms with Crippen LogP contribution in [-0.2, 0) is 6.54 Å². The number of anilines is 2. The molecule has 27 heavy (non-hydrogen) atoms. The van der Waals surface area contributed by atoms with E-state index in [0.717, 1.165) is 5.56 Å². The van der Waals surface area contributed by atoms with Crippen molar-refractivity contribution >= 4 is 16.9 Å². The van der Waals surface area contributed by atoms with Crippen LogP contribution in [0, 0.1) is 11.6 Å². The normalized spacial score (nSPS) is 13.2. The minimum absolute atomic E-state index is 0.139. The second-order valence-corrected chi connectivity index (χ2v) is 6.21. The summed E-state index contributed by atoms with van der Waals surface area (Å²) < 4.78 is 27.6. The monoisotopic (exact) mass is 370 g/mol. The number of nitrogens with one attached hydrogen (secondary N) is 1. The van der Waals surface area contributed by atoms with E-state index in [-0.39, 0.29) is 30.4 Å². The van der Waals surface area contributed by atoms with Crippen LogP contribution in [0.15, 0.2) is 67.1 Å². The van der Waals surface area contributed by atoms with Gasteiger partial charge in [-0.15, -0.1) is 0 Å². The highest BCUT2D eigenvalue weighted by molar-refractivity contribution is 5.92. The van der Waals surface area contributed by atoms with Crippen molar-refractivity contribution in [2.24, 2.45) is 0 Å². The van der Waals surface area contributed by atoms with Gasteiger partial charge in [-0.25, -0.2) is 8.78 Å². The second-order valence-electron chi connectivity index (χ2n) is 6.21. The maximum Gasteiger partial charge on any atom is 0.148 e. The van der Waals surface area contributed by atoms with Crippen LogP contribution >= 0.6 is 0 Å². The molecule has 0 fully saturated rings. The smallest absolute Gasteiger partial charge is 0.148 e. The molecule has 0 spiro atoms. The van der Waals surface area contributed by atoms with Gasteiger partial charge in [-0.1, -0.05) is 25.3 Å². The van der Waals surface area contributed by atoms with Gasteiger partial charge in [-0.3, -0.25) is 0 Å². The zero-order chi connectivity index (χ0) is 19.6. The maximum atomic E-state index is 14.6. The maximum absolute atomic E-state index is 14.6. The van der Waals surface area contributed by atoms with Gasteiger partial charge in [-0.05, 0) is 29.3 Å². The number of benzene rings is 2. The number of hydrogen-bond acceptors (Lipinski definition) is 4. The SMILES string of the molecule is C=C(O)C1=CN(CCO)c2cc(F)c(NCc3ccc(F)cc3)cc2C1=C. The van der Waals surface area contributed by atoms with Crippen molar-refractivity contribution in [2.45, 2.75) is 6.54 Å². The first kappa shape index (κ1) is 18.7. The van der Waals surface area contributed by atoms with Gasteiger partial charge in [0.1, 0.15) is 17.4 Å². The molecule has 0 amide bonds. The predicted molar refractivity (Wildman–Crippen MR) is 103 cm³/mol. The molecule has 0 bridgehead atoms. The highest BCUT2D eigenvalue weighted by Gasteiger charge is 2.24. The summed E-state index contributed by atoms with van der Waals surface area (Å²) >= 11 is 0. The Labute approximate surface area is 156 Å². The molecule has 4 nitrogen and oxygen atoms in total. The number of aliphatic hydroxyl groups is 2. The molecule has 1 heterocycles. The average molecular weight is 370 g/mol. The van der Waals surface area contributed by atoms with Crippen molar-refractivity contribution in [1.82, 2.24) is 0 Å². The molecular formula is C21H20F2N2O2. The Hall–Kier alpha value is -3.12. The summed E-state index contributed by atoms with van der Waals surface area (Å²) in [6, 6.07) is 8.90. The van der Waals surface area contributed by atoms with E-state index < -0.39 is 5.82 Å². The lowest BCUT2D eigenvalue weighted by Crippen LogP contribution is -2.25. The molecule has 0 aromatic heterocycles. The number of aliphatic hydroxyl groups excluding tert-OH is 2. The predicted octanol–water partition coefficient (Wildman–Crippen LogP) is 4.36. The van der Waals surface area contributed by atoms with Gasteiger partial charge in [0.25, 0.3) is 0 Å². The molecule has 2 aromatic rings. The second kappa shape index (κ2) is 7.63. The van der Waals surface area contributed by atoms with Crippen molar-refractivity contribution in [3.63, 3.8) is 0 Å². The van der Waals surface area contributed by atoms with Crippen molar-refractivity contribution in [2.75, 3.05) is 23.4 Å². The minimum Gasteiger partial charge on any atom is -0.508 e. The summed E-state index contributed by atoms with van der Waals surface area (Å²) in [5.41, 5.74) is 3.16. The summed E-state index contributed by atoms with van der Waals surface area (Å²) in [4.78, 5) is 1.65. The molecule has 0 unspecified atom stereocenters. The van der Waals surface area contributed by atoms with Gasteiger partial charge in [-0.2, -0.15) is 0 Å². The fourth-order valence-corrected chi connectivity index (χ4v) is 2.97. The van der Waals surface area contributed by atoms with Crippen molar-refractivity contribution in [3.05, 3.63) is 89.8 Å². The lowest BCUT2D eigenvalue weighted by atomic mass is 9.93. The van der Waals surface area contributed by atoms with Crippen LogP contribution < -0.4 is 10.2 Å². The molecule has 1 aliphatic heterocycles. The van der Waals surface area contributed by atoms with Crippen LogP contribution in [0.3, 0.4) is 0 Å². The van der Waals surface area contributed by atoms with Crippen LogP contribution in [0.1, 0.15) is 11.1 Å². The molecule has 0 aliphatic carbocycles. The van der Waals surface area contributed by atoms with Gasteiger partial charge in [0.2, 0.25) is 0 Å². The van der Waals surface area contributed by atoms with E-state index in [1.54, 1.807) is 29.3 Å². The highest BCUT2D eigenvalue weighted by Crippen LogP contribution is 2.40. The number of halogens is 2. The molecule has 140 valence electrons. The van der Waals surface area contributed by atoms with E-state index in [1.165, 1.54) is 18.2 Å². The number of allylic oxidation sites excluding steroid dienone is 1. The quantitative estimate of drug-likeness (QED) is 0.662. The Morgan fingerprint density at radius 1 is 1.15 bits per heavy atom. The van der Waals surface area contributed by atoms with Crippen molar-refractivity contribution in [1.29, 1.82) is 0 Å². The van der Waals surface area contributed by atoms with Gasteiger partial charge in [0, 0.05) is 36.5 Å². The first-order chi connectivity index (χ1) is 12.9. The summed E-state index contributed by atoms with van der Waals surface area (Å²) in [7, 11) is 0. The third kappa shape index (κ3) is 3.85. The van der Waals surface area contributed by atoms with Crippen molar-refractivity contribution < 1.29 is 19.0 Å². The topological polar surface area (TPSA) is 55.7 Å². The minimum atomic E-state index is -0.466. The zero-order valence-corrected chi connectivity index (χ0v) is 14.7. The van der Waals surface area contributed by atoms with Crippen LogP contribution in [0.5, 0.6) is 0 Å². The van der Waals surface area contributed by atoms with Crippen LogP contribution in [0.25, 0.3) is 5.57 Å². The lowest BCUT2D eigenvalue weighted by molar-refractivity contribution is 0.305. The number of rotatable bonds is 6. The molecule has 0 saturated carbocycles. The molecule has 3 N–H and O–H groups in total. The van der Waals surface area contributed by atoms with E-state index in [9.17, 15) is 19.0 Å². The van der Waals surface area contributed by atoms with Crippen LogP contribution in [0.4, 0.5) is 20.2 Å².